The number of carbonyl (C=O) groups excluding carboxylic acids is 1. The van der Waals surface area contributed by atoms with E-state index in [1.165, 1.54) is 12.1 Å². The smallest absolute Gasteiger partial charge is 0.349 e. The predicted molar refractivity (Wildman–Crippen MR) is 85.8 cm³/mol. The van der Waals surface area contributed by atoms with Crippen molar-refractivity contribution in [1.82, 2.24) is 5.32 Å². The summed E-state index contributed by atoms with van der Waals surface area (Å²) in [6.07, 6.45) is -4.13. The summed E-state index contributed by atoms with van der Waals surface area (Å²) in [5, 5.41) is 2.79. The first-order valence-corrected chi connectivity index (χ1v) is 7.76. The largest absolute Gasteiger partial charge is 0.416 e. The molecule has 0 aliphatic heterocycles. The molecule has 1 unspecified atom stereocenters. The zero-order chi connectivity index (χ0) is 17.0. The van der Waals surface area contributed by atoms with Gasteiger partial charge >= 0.3 is 6.18 Å². The van der Waals surface area contributed by atoms with Gasteiger partial charge in [-0.2, -0.15) is 13.2 Å². The average molecular weight is 386 g/mol. The molecule has 1 N–H and O–H groups in total. The average Bonchev–Trinajstić information content (AvgIpc) is 2.49. The van der Waals surface area contributed by atoms with E-state index in [0.29, 0.717) is 5.56 Å². The second-order valence-corrected chi connectivity index (χ2v) is 6.13. The zero-order valence-electron chi connectivity index (χ0n) is 12.3. The molecule has 2 aromatic rings. The van der Waals surface area contributed by atoms with Crippen LogP contribution in [0.5, 0.6) is 0 Å². The molecular weight excluding hydrogens is 371 g/mol. The Hall–Kier alpha value is -1.82. The Morgan fingerprint density at radius 2 is 1.65 bits per heavy atom. The second-order valence-electron chi connectivity index (χ2n) is 5.21. The third kappa shape index (κ3) is 5.10. The van der Waals surface area contributed by atoms with Crippen LogP contribution in [0.1, 0.15) is 29.7 Å². The highest BCUT2D eigenvalue weighted by atomic mass is 79.9. The van der Waals surface area contributed by atoms with Gasteiger partial charge in [-0.1, -0.05) is 40.2 Å². The molecule has 0 aliphatic carbocycles. The number of amides is 1. The predicted octanol–water partition coefficient (Wildman–Crippen LogP) is 4.89. The molecule has 0 aromatic heterocycles. The molecule has 0 saturated heterocycles. The summed E-state index contributed by atoms with van der Waals surface area (Å²) in [5.74, 6) is -0.181. The van der Waals surface area contributed by atoms with Crippen molar-refractivity contribution >= 4 is 21.8 Å². The van der Waals surface area contributed by atoms with Crippen LogP contribution in [0.2, 0.25) is 0 Å². The Kier molecular flexibility index (Phi) is 5.46. The van der Waals surface area contributed by atoms with Gasteiger partial charge in [-0.3, -0.25) is 4.79 Å². The molecule has 6 heteroatoms. The standard InChI is InChI=1S/C17H15BrF3NO/c1-11(13-4-6-14(7-5-13)17(19,20)21)22-16(23)10-12-2-8-15(18)9-3-12/h2-9,11H,10H2,1H3,(H,22,23). The molecule has 2 nitrogen and oxygen atoms in total. The Morgan fingerprint density at radius 3 is 2.17 bits per heavy atom. The fourth-order valence-electron chi connectivity index (χ4n) is 2.12. The van der Waals surface area contributed by atoms with Crippen LogP contribution in [0.3, 0.4) is 0 Å². The minimum Gasteiger partial charge on any atom is -0.349 e. The van der Waals surface area contributed by atoms with Crippen molar-refractivity contribution in [3.63, 3.8) is 0 Å². The van der Waals surface area contributed by atoms with E-state index in [2.05, 4.69) is 21.2 Å². The van der Waals surface area contributed by atoms with Crippen LogP contribution < -0.4 is 5.32 Å². The van der Waals surface area contributed by atoms with Gasteiger partial charge in [0.05, 0.1) is 18.0 Å². The van der Waals surface area contributed by atoms with E-state index in [1.54, 1.807) is 6.92 Å². The molecule has 122 valence electrons. The number of alkyl halides is 3. The lowest BCUT2D eigenvalue weighted by atomic mass is 10.1. The number of rotatable bonds is 4. The minimum atomic E-state index is -4.35. The Labute approximate surface area is 140 Å². The molecule has 0 aliphatic rings. The highest BCUT2D eigenvalue weighted by Crippen LogP contribution is 2.29. The number of carbonyl (C=O) groups is 1. The molecule has 0 fully saturated rings. The summed E-state index contributed by atoms with van der Waals surface area (Å²) in [6, 6.07) is 11.8. The maximum atomic E-state index is 12.5. The van der Waals surface area contributed by atoms with Crippen LogP contribution in [0, 0.1) is 0 Å². The van der Waals surface area contributed by atoms with Crippen molar-refractivity contribution < 1.29 is 18.0 Å². The number of benzene rings is 2. The van der Waals surface area contributed by atoms with Gasteiger partial charge in [0.2, 0.25) is 5.91 Å². The summed E-state index contributed by atoms with van der Waals surface area (Å²) >= 11 is 3.32. The van der Waals surface area contributed by atoms with Gasteiger partial charge in [-0.05, 0) is 42.3 Å². The van der Waals surface area contributed by atoms with Crippen molar-refractivity contribution in [3.8, 4) is 0 Å². The zero-order valence-corrected chi connectivity index (χ0v) is 13.9. The van der Waals surface area contributed by atoms with E-state index in [-0.39, 0.29) is 18.4 Å². The molecule has 23 heavy (non-hydrogen) atoms. The molecule has 0 saturated carbocycles. The lowest BCUT2D eigenvalue weighted by molar-refractivity contribution is -0.137. The van der Waals surface area contributed by atoms with Gasteiger partial charge < -0.3 is 5.32 Å². The molecule has 0 bridgehead atoms. The topological polar surface area (TPSA) is 29.1 Å². The Balaban J connectivity index is 1.96. The molecule has 0 heterocycles. The number of nitrogens with one attached hydrogen (secondary N) is 1. The van der Waals surface area contributed by atoms with Gasteiger partial charge in [0.1, 0.15) is 0 Å². The van der Waals surface area contributed by atoms with Crippen molar-refractivity contribution in [2.45, 2.75) is 25.6 Å². The van der Waals surface area contributed by atoms with Crippen LogP contribution in [0.25, 0.3) is 0 Å². The minimum absolute atomic E-state index is 0.181. The molecule has 2 aromatic carbocycles. The molecule has 1 atom stereocenters. The van der Waals surface area contributed by atoms with Crippen molar-refractivity contribution in [1.29, 1.82) is 0 Å². The number of hydrogen-bond acceptors (Lipinski definition) is 1. The summed E-state index contributed by atoms with van der Waals surface area (Å²) in [7, 11) is 0. The van der Waals surface area contributed by atoms with Crippen LogP contribution >= 0.6 is 15.9 Å². The molecule has 0 spiro atoms. The third-order valence-corrected chi connectivity index (χ3v) is 3.92. The summed E-state index contributed by atoms with van der Waals surface area (Å²) < 4.78 is 38.5. The van der Waals surface area contributed by atoms with Crippen LogP contribution in [-0.2, 0) is 17.4 Å². The van der Waals surface area contributed by atoms with Gasteiger partial charge in [-0.15, -0.1) is 0 Å². The third-order valence-electron chi connectivity index (χ3n) is 3.39. The number of halogens is 4. The Morgan fingerprint density at radius 1 is 1.09 bits per heavy atom. The van der Waals surface area contributed by atoms with Crippen molar-refractivity contribution in [2.75, 3.05) is 0 Å². The van der Waals surface area contributed by atoms with Crippen LogP contribution in [-0.4, -0.2) is 5.91 Å². The maximum absolute atomic E-state index is 12.5. The highest BCUT2D eigenvalue weighted by Gasteiger charge is 2.30. The van der Waals surface area contributed by atoms with Gasteiger partial charge in [0.25, 0.3) is 0 Å². The lowest BCUT2D eigenvalue weighted by Gasteiger charge is -2.15. The fourth-order valence-corrected chi connectivity index (χ4v) is 2.39. The van der Waals surface area contributed by atoms with E-state index < -0.39 is 11.7 Å². The van der Waals surface area contributed by atoms with Crippen LogP contribution in [0.15, 0.2) is 53.0 Å². The number of hydrogen-bond donors (Lipinski definition) is 1. The normalized spacial score (nSPS) is 12.7. The molecule has 0 radical (unpaired) electrons. The van der Waals surface area contributed by atoms with E-state index in [1.807, 2.05) is 24.3 Å². The first kappa shape index (κ1) is 17.5. The van der Waals surface area contributed by atoms with E-state index in [9.17, 15) is 18.0 Å². The Bertz CT molecular complexity index is 666. The maximum Gasteiger partial charge on any atom is 0.416 e. The first-order valence-electron chi connectivity index (χ1n) is 6.96. The van der Waals surface area contributed by atoms with E-state index >= 15 is 0 Å². The van der Waals surface area contributed by atoms with Gasteiger partial charge in [0, 0.05) is 4.47 Å². The van der Waals surface area contributed by atoms with Gasteiger partial charge in [0.15, 0.2) is 0 Å². The second kappa shape index (κ2) is 7.17. The summed E-state index contributed by atoms with van der Waals surface area (Å²) in [6.45, 7) is 1.74. The SMILES string of the molecule is CC(NC(=O)Cc1ccc(Br)cc1)c1ccc(C(F)(F)F)cc1. The van der Waals surface area contributed by atoms with Crippen molar-refractivity contribution in [3.05, 3.63) is 69.7 Å². The summed E-state index contributed by atoms with van der Waals surface area (Å²) in [4.78, 5) is 12.0. The first-order chi connectivity index (χ1) is 10.8. The van der Waals surface area contributed by atoms with Crippen LogP contribution in [0.4, 0.5) is 13.2 Å². The molecular formula is C17H15BrF3NO. The van der Waals surface area contributed by atoms with Crippen molar-refractivity contribution in [2.24, 2.45) is 0 Å². The van der Waals surface area contributed by atoms with E-state index in [4.69, 9.17) is 0 Å². The van der Waals surface area contributed by atoms with Gasteiger partial charge in [-0.25, -0.2) is 0 Å². The quantitative estimate of drug-likeness (QED) is 0.797. The lowest BCUT2D eigenvalue weighted by Crippen LogP contribution is -2.28. The van der Waals surface area contributed by atoms with E-state index in [0.717, 1.165) is 22.2 Å². The summed E-state index contributed by atoms with van der Waals surface area (Å²) in [5.41, 5.74) is 0.794. The molecule has 2 rings (SSSR count). The highest BCUT2D eigenvalue weighted by molar-refractivity contribution is 9.10. The fraction of sp³-hybridized carbons (Fsp3) is 0.235. The monoisotopic (exact) mass is 385 g/mol. The molecule has 1 amide bonds.